The van der Waals surface area contributed by atoms with E-state index in [-0.39, 0.29) is 16.7 Å². The summed E-state index contributed by atoms with van der Waals surface area (Å²) in [6.45, 7) is 2.88. The molecule has 1 aliphatic heterocycles. The molecule has 0 unspecified atom stereocenters. The minimum Gasteiger partial charge on any atom is -0.360 e. The Bertz CT molecular complexity index is 761. The first kappa shape index (κ1) is 18.5. The monoisotopic (exact) mass is 371 g/mol. The minimum absolute atomic E-state index is 0.00525. The van der Waals surface area contributed by atoms with Crippen molar-refractivity contribution in [3.8, 4) is 0 Å². The number of carbonyl (C=O) groups is 1. The molecule has 0 atom stereocenters. The number of amides is 1. The molecular formula is C20H22FN3OS. The molecule has 0 bridgehead atoms. The van der Waals surface area contributed by atoms with Gasteiger partial charge in [-0.2, -0.15) is 0 Å². The molecule has 1 fully saturated rings. The fourth-order valence-electron chi connectivity index (χ4n) is 3.11. The molecule has 0 aromatic heterocycles. The van der Waals surface area contributed by atoms with Crippen molar-refractivity contribution < 1.29 is 9.18 Å². The summed E-state index contributed by atoms with van der Waals surface area (Å²) in [5.74, 6) is -1.08. The molecule has 26 heavy (non-hydrogen) atoms. The third-order valence-electron chi connectivity index (χ3n) is 4.52. The Morgan fingerprint density at radius 3 is 2.42 bits per heavy atom. The van der Waals surface area contributed by atoms with Crippen LogP contribution < -0.4 is 10.6 Å². The van der Waals surface area contributed by atoms with Gasteiger partial charge in [0.1, 0.15) is 5.82 Å². The summed E-state index contributed by atoms with van der Waals surface area (Å²) in [7, 11) is 0. The number of benzene rings is 2. The number of nitrogens with one attached hydrogen (secondary N) is 2. The fraction of sp³-hybridized carbons (Fsp3) is 0.300. The highest BCUT2D eigenvalue weighted by molar-refractivity contribution is 7.80. The van der Waals surface area contributed by atoms with Gasteiger partial charge in [0, 0.05) is 25.7 Å². The van der Waals surface area contributed by atoms with E-state index in [1.54, 1.807) is 12.1 Å². The molecule has 0 spiro atoms. The highest BCUT2D eigenvalue weighted by atomic mass is 32.1. The van der Waals surface area contributed by atoms with Crippen LogP contribution in [0.4, 0.5) is 4.39 Å². The maximum Gasteiger partial charge on any atom is 0.260 e. The van der Waals surface area contributed by atoms with Crippen molar-refractivity contribution in [2.24, 2.45) is 0 Å². The molecule has 6 heteroatoms. The molecular weight excluding hydrogens is 349 g/mol. The van der Waals surface area contributed by atoms with Gasteiger partial charge in [-0.25, -0.2) is 4.39 Å². The Balaban J connectivity index is 1.43. The maximum atomic E-state index is 13.6. The van der Waals surface area contributed by atoms with Gasteiger partial charge >= 0.3 is 0 Å². The van der Waals surface area contributed by atoms with Gasteiger partial charge in [0.25, 0.3) is 5.91 Å². The van der Waals surface area contributed by atoms with Crippen molar-refractivity contribution in [3.63, 3.8) is 0 Å². The number of likely N-dealkylation sites (tertiary alicyclic amines) is 1. The van der Waals surface area contributed by atoms with Gasteiger partial charge in [-0.15, -0.1) is 0 Å². The zero-order valence-corrected chi connectivity index (χ0v) is 15.3. The van der Waals surface area contributed by atoms with Gasteiger partial charge in [0.15, 0.2) is 5.11 Å². The van der Waals surface area contributed by atoms with Crippen LogP contribution >= 0.6 is 12.2 Å². The number of piperidine rings is 1. The predicted molar refractivity (Wildman–Crippen MR) is 104 cm³/mol. The summed E-state index contributed by atoms with van der Waals surface area (Å²) in [5.41, 5.74) is 1.31. The second-order valence-corrected chi connectivity index (χ2v) is 6.85. The first-order valence-electron chi connectivity index (χ1n) is 8.74. The maximum absolute atomic E-state index is 13.6. The summed E-state index contributed by atoms with van der Waals surface area (Å²) >= 11 is 5.21. The van der Waals surface area contributed by atoms with E-state index in [0.717, 1.165) is 32.5 Å². The van der Waals surface area contributed by atoms with E-state index in [0.29, 0.717) is 0 Å². The molecule has 136 valence electrons. The Morgan fingerprint density at radius 1 is 1.08 bits per heavy atom. The summed E-state index contributed by atoms with van der Waals surface area (Å²) in [5, 5.41) is 5.99. The Kier molecular flexibility index (Phi) is 6.30. The summed E-state index contributed by atoms with van der Waals surface area (Å²) in [6, 6.07) is 16.5. The zero-order chi connectivity index (χ0) is 18.4. The lowest BCUT2D eigenvalue weighted by Gasteiger charge is -2.32. The second kappa shape index (κ2) is 8.87. The number of thiocarbonyl (C=S) groups is 1. The van der Waals surface area contributed by atoms with Crippen LogP contribution in [0.25, 0.3) is 0 Å². The van der Waals surface area contributed by atoms with E-state index in [4.69, 9.17) is 12.2 Å². The fourth-order valence-corrected chi connectivity index (χ4v) is 3.37. The molecule has 1 amide bonds. The summed E-state index contributed by atoms with van der Waals surface area (Å²) in [6.07, 6.45) is 1.89. The van der Waals surface area contributed by atoms with E-state index in [2.05, 4.69) is 39.8 Å². The third kappa shape index (κ3) is 5.09. The summed E-state index contributed by atoms with van der Waals surface area (Å²) < 4.78 is 13.6. The quantitative estimate of drug-likeness (QED) is 0.811. The number of hydrogen-bond donors (Lipinski definition) is 2. The lowest BCUT2D eigenvalue weighted by atomic mass is 10.0. The predicted octanol–water partition coefficient (Wildman–Crippen LogP) is 3.09. The van der Waals surface area contributed by atoms with E-state index < -0.39 is 11.7 Å². The largest absolute Gasteiger partial charge is 0.360 e. The average Bonchev–Trinajstić information content (AvgIpc) is 2.64. The molecule has 0 radical (unpaired) electrons. The first-order valence-corrected chi connectivity index (χ1v) is 9.15. The highest BCUT2D eigenvalue weighted by Crippen LogP contribution is 2.14. The number of hydrogen-bond acceptors (Lipinski definition) is 3. The molecule has 1 saturated heterocycles. The van der Waals surface area contributed by atoms with E-state index in [1.807, 2.05) is 6.07 Å². The van der Waals surface area contributed by atoms with Crippen LogP contribution in [0.2, 0.25) is 0 Å². The minimum atomic E-state index is -0.554. The van der Waals surface area contributed by atoms with Gasteiger partial charge in [0.05, 0.1) is 5.56 Å². The Hall–Kier alpha value is -2.31. The lowest BCUT2D eigenvalue weighted by Crippen LogP contribution is -2.48. The van der Waals surface area contributed by atoms with Gasteiger partial charge < -0.3 is 5.32 Å². The van der Waals surface area contributed by atoms with Gasteiger partial charge in [-0.1, -0.05) is 42.5 Å². The number of halogens is 1. The molecule has 2 aromatic carbocycles. The van der Waals surface area contributed by atoms with Crippen molar-refractivity contribution in [2.45, 2.75) is 25.4 Å². The standard InChI is InChI=1S/C20H22FN3OS/c21-18-9-5-4-8-17(18)19(25)23-20(26)22-16-10-12-24(13-11-16)14-15-6-2-1-3-7-15/h1-9,16H,10-14H2,(H2,22,23,25,26). The van der Waals surface area contributed by atoms with Crippen LogP contribution in [0.5, 0.6) is 0 Å². The molecule has 2 N–H and O–H groups in total. The Labute approximate surface area is 158 Å². The van der Waals surface area contributed by atoms with E-state index in [1.165, 1.54) is 17.7 Å². The molecule has 4 nitrogen and oxygen atoms in total. The lowest BCUT2D eigenvalue weighted by molar-refractivity contribution is 0.0972. The van der Waals surface area contributed by atoms with Crippen molar-refractivity contribution in [3.05, 3.63) is 71.5 Å². The van der Waals surface area contributed by atoms with E-state index in [9.17, 15) is 9.18 Å². The van der Waals surface area contributed by atoms with Crippen LogP contribution in [-0.4, -0.2) is 35.1 Å². The summed E-state index contributed by atoms with van der Waals surface area (Å²) in [4.78, 5) is 14.5. The van der Waals surface area contributed by atoms with Gasteiger partial charge in [-0.05, 0) is 42.8 Å². The highest BCUT2D eigenvalue weighted by Gasteiger charge is 2.20. The number of rotatable bonds is 4. The molecule has 0 saturated carbocycles. The van der Waals surface area contributed by atoms with Crippen molar-refractivity contribution >= 4 is 23.2 Å². The van der Waals surface area contributed by atoms with E-state index >= 15 is 0 Å². The first-order chi connectivity index (χ1) is 12.6. The van der Waals surface area contributed by atoms with Crippen molar-refractivity contribution in [1.29, 1.82) is 0 Å². The molecule has 1 heterocycles. The van der Waals surface area contributed by atoms with Gasteiger partial charge in [-0.3, -0.25) is 15.0 Å². The normalized spacial score (nSPS) is 15.4. The Morgan fingerprint density at radius 2 is 1.73 bits per heavy atom. The smallest absolute Gasteiger partial charge is 0.260 e. The van der Waals surface area contributed by atoms with Crippen LogP contribution in [0, 0.1) is 5.82 Å². The van der Waals surface area contributed by atoms with Crippen molar-refractivity contribution in [1.82, 2.24) is 15.5 Å². The third-order valence-corrected chi connectivity index (χ3v) is 4.74. The topological polar surface area (TPSA) is 44.4 Å². The van der Waals surface area contributed by atoms with Crippen molar-refractivity contribution in [2.75, 3.05) is 13.1 Å². The van der Waals surface area contributed by atoms with Gasteiger partial charge in [0.2, 0.25) is 0 Å². The molecule has 3 rings (SSSR count). The van der Waals surface area contributed by atoms with Crippen LogP contribution in [0.15, 0.2) is 54.6 Å². The number of carbonyl (C=O) groups excluding carboxylic acids is 1. The van der Waals surface area contributed by atoms with Crippen LogP contribution in [-0.2, 0) is 6.54 Å². The second-order valence-electron chi connectivity index (χ2n) is 6.44. The molecule has 0 aliphatic carbocycles. The SMILES string of the molecule is O=C(NC(=S)NC1CCN(Cc2ccccc2)CC1)c1ccccc1F. The average molecular weight is 371 g/mol. The van der Waals surface area contributed by atoms with Crippen LogP contribution in [0.3, 0.4) is 0 Å². The number of nitrogens with zero attached hydrogens (tertiary/aromatic N) is 1. The zero-order valence-electron chi connectivity index (χ0n) is 14.5. The molecule has 2 aromatic rings. The molecule has 1 aliphatic rings. The van der Waals surface area contributed by atoms with Crippen LogP contribution in [0.1, 0.15) is 28.8 Å².